The number of nitrogens with one attached hydrogen (secondary N) is 1. The largest absolute Gasteiger partial charge is 0.480 e. The molecule has 0 bridgehead atoms. The molecule has 2 heterocycles. The Morgan fingerprint density at radius 3 is 2.40 bits per heavy atom. The van der Waals surface area contributed by atoms with Crippen molar-refractivity contribution >= 4 is 27.6 Å². The van der Waals surface area contributed by atoms with E-state index in [0.29, 0.717) is 0 Å². The number of fused-ring (bicyclic) bond motifs is 1. The van der Waals surface area contributed by atoms with E-state index in [-0.39, 0.29) is 6.42 Å². The quantitative estimate of drug-likeness (QED) is 0.696. The topological polar surface area (TPSA) is 121 Å². The minimum Gasteiger partial charge on any atom is -0.480 e. The summed E-state index contributed by atoms with van der Waals surface area (Å²) in [6.07, 6.45) is 0.00311. The standard InChI is InChI=1S/C16H18N2O6S/c1-16(2)12(15(21)22)18-13(20)11(14(18)25(16,23)24)17-10(19)8-9-6-4-3-5-7-9/h3-7,11-12,14H,8H2,1-2H3,(H,17,19)(H,21,22)/t11-,12-,14+/m0/s1. The Balaban J connectivity index is 1.81. The highest BCUT2D eigenvalue weighted by atomic mass is 32.2. The number of aliphatic carboxylic acids is 1. The van der Waals surface area contributed by atoms with Gasteiger partial charge in [-0.3, -0.25) is 9.59 Å². The predicted octanol–water partition coefficient (Wildman–Crippen LogP) is -0.458. The molecule has 2 N–H and O–H groups in total. The maximum absolute atomic E-state index is 12.7. The van der Waals surface area contributed by atoms with Gasteiger partial charge in [-0.15, -0.1) is 0 Å². The van der Waals surface area contributed by atoms with Crippen LogP contribution in [-0.4, -0.2) is 58.4 Å². The minimum atomic E-state index is -3.95. The lowest BCUT2D eigenvalue weighted by Crippen LogP contribution is -2.72. The number of rotatable bonds is 4. The van der Waals surface area contributed by atoms with Gasteiger partial charge in [0, 0.05) is 0 Å². The Labute approximate surface area is 144 Å². The molecule has 1 aromatic rings. The summed E-state index contributed by atoms with van der Waals surface area (Å²) in [5.41, 5.74) is 0.724. The highest BCUT2D eigenvalue weighted by Gasteiger charge is 2.72. The van der Waals surface area contributed by atoms with Gasteiger partial charge in [0.15, 0.2) is 15.2 Å². The number of β-lactam (4-membered cyclic amide) rings is 1. The van der Waals surface area contributed by atoms with Crippen molar-refractivity contribution in [3.05, 3.63) is 35.9 Å². The molecule has 0 saturated carbocycles. The number of hydrogen-bond acceptors (Lipinski definition) is 5. The van der Waals surface area contributed by atoms with Crippen LogP contribution < -0.4 is 5.32 Å². The molecule has 25 heavy (non-hydrogen) atoms. The van der Waals surface area contributed by atoms with Crippen molar-refractivity contribution in [2.75, 3.05) is 0 Å². The zero-order valence-electron chi connectivity index (χ0n) is 13.7. The molecule has 2 amide bonds. The molecule has 0 radical (unpaired) electrons. The average Bonchev–Trinajstić information content (AvgIpc) is 2.67. The molecule has 0 unspecified atom stereocenters. The fourth-order valence-corrected chi connectivity index (χ4v) is 5.66. The van der Waals surface area contributed by atoms with E-state index in [1.165, 1.54) is 13.8 Å². The molecule has 2 fully saturated rings. The van der Waals surface area contributed by atoms with E-state index in [1.54, 1.807) is 30.3 Å². The van der Waals surface area contributed by atoms with Crippen molar-refractivity contribution in [2.45, 2.75) is 42.5 Å². The Bertz CT molecular complexity index is 849. The lowest BCUT2D eigenvalue weighted by atomic mass is 9.96. The number of carbonyl (C=O) groups excluding carboxylic acids is 2. The Morgan fingerprint density at radius 1 is 1.24 bits per heavy atom. The van der Waals surface area contributed by atoms with Crippen LogP contribution in [0.25, 0.3) is 0 Å². The van der Waals surface area contributed by atoms with Gasteiger partial charge in [-0.25, -0.2) is 13.2 Å². The molecule has 9 heteroatoms. The van der Waals surface area contributed by atoms with Crippen LogP contribution in [-0.2, 0) is 30.6 Å². The van der Waals surface area contributed by atoms with Gasteiger partial charge in [-0.2, -0.15) is 0 Å². The lowest BCUT2D eigenvalue weighted by Gasteiger charge is -2.42. The van der Waals surface area contributed by atoms with Crippen molar-refractivity contribution < 1.29 is 27.9 Å². The van der Waals surface area contributed by atoms with Gasteiger partial charge < -0.3 is 15.3 Å². The molecule has 3 rings (SSSR count). The van der Waals surface area contributed by atoms with Crippen LogP contribution in [0.5, 0.6) is 0 Å². The van der Waals surface area contributed by atoms with Crippen molar-refractivity contribution in [1.82, 2.24) is 10.2 Å². The number of carboxylic acids is 1. The van der Waals surface area contributed by atoms with Crippen molar-refractivity contribution in [3.63, 3.8) is 0 Å². The first-order valence-electron chi connectivity index (χ1n) is 7.70. The summed E-state index contributed by atoms with van der Waals surface area (Å²) in [7, 11) is -3.95. The Hall–Kier alpha value is -2.42. The Morgan fingerprint density at radius 2 is 1.84 bits per heavy atom. The first kappa shape index (κ1) is 17.4. The number of amides is 2. The summed E-state index contributed by atoms with van der Waals surface area (Å²) in [5.74, 6) is -2.55. The van der Waals surface area contributed by atoms with Crippen LogP contribution in [0.2, 0.25) is 0 Å². The molecule has 2 aliphatic rings. The number of carbonyl (C=O) groups is 3. The van der Waals surface area contributed by atoms with Gasteiger partial charge >= 0.3 is 5.97 Å². The molecular weight excluding hydrogens is 348 g/mol. The lowest BCUT2D eigenvalue weighted by molar-refractivity contribution is -0.161. The van der Waals surface area contributed by atoms with Crippen LogP contribution in [0, 0.1) is 0 Å². The molecule has 3 atom stereocenters. The van der Waals surface area contributed by atoms with E-state index in [1.807, 2.05) is 0 Å². The van der Waals surface area contributed by atoms with E-state index in [2.05, 4.69) is 5.32 Å². The summed E-state index contributed by atoms with van der Waals surface area (Å²) in [4.78, 5) is 36.8. The maximum Gasteiger partial charge on any atom is 0.328 e. The van der Waals surface area contributed by atoms with Gasteiger partial charge in [-0.05, 0) is 19.4 Å². The number of hydrogen-bond donors (Lipinski definition) is 2. The van der Waals surface area contributed by atoms with Crippen LogP contribution in [0.3, 0.4) is 0 Å². The second-order valence-electron chi connectivity index (χ2n) is 6.73. The molecule has 2 aliphatic heterocycles. The first-order valence-corrected chi connectivity index (χ1v) is 9.25. The van der Waals surface area contributed by atoms with Crippen LogP contribution in [0.1, 0.15) is 19.4 Å². The third-order valence-electron chi connectivity index (χ3n) is 4.83. The number of benzene rings is 1. The third kappa shape index (κ3) is 2.41. The van der Waals surface area contributed by atoms with Gasteiger partial charge in [0.05, 0.1) is 6.42 Å². The van der Waals surface area contributed by atoms with Crippen molar-refractivity contribution in [1.29, 1.82) is 0 Å². The summed E-state index contributed by atoms with van der Waals surface area (Å²) in [6, 6.07) is 6.10. The zero-order valence-corrected chi connectivity index (χ0v) is 14.5. The average molecular weight is 366 g/mol. The summed E-state index contributed by atoms with van der Waals surface area (Å²) in [5, 5.41) is 10.4. The molecule has 134 valence electrons. The number of carboxylic acid groups (broad SMARTS) is 1. The van der Waals surface area contributed by atoms with Crippen molar-refractivity contribution in [3.8, 4) is 0 Å². The fourth-order valence-electron chi connectivity index (χ4n) is 3.45. The van der Waals surface area contributed by atoms with Gasteiger partial charge in [-0.1, -0.05) is 30.3 Å². The predicted molar refractivity (Wildman–Crippen MR) is 87.1 cm³/mol. The molecule has 0 aromatic heterocycles. The van der Waals surface area contributed by atoms with E-state index >= 15 is 0 Å². The summed E-state index contributed by atoms with van der Waals surface area (Å²) in [6.45, 7) is 2.57. The number of nitrogens with zero attached hydrogens (tertiary/aromatic N) is 1. The fraction of sp³-hybridized carbons (Fsp3) is 0.438. The molecule has 1 aromatic carbocycles. The number of sulfone groups is 1. The van der Waals surface area contributed by atoms with Gasteiger partial charge in [0.2, 0.25) is 11.8 Å². The van der Waals surface area contributed by atoms with E-state index < -0.39 is 49.8 Å². The second-order valence-corrected chi connectivity index (χ2v) is 9.36. The van der Waals surface area contributed by atoms with E-state index in [0.717, 1.165) is 10.5 Å². The third-order valence-corrected chi connectivity index (χ3v) is 7.65. The SMILES string of the molecule is CC1(C)[C@H](C(=O)O)N2C(=O)[C@H](NC(=O)Cc3ccccc3)[C@H]2S1(=O)=O. The monoisotopic (exact) mass is 366 g/mol. The molecule has 2 saturated heterocycles. The first-order chi connectivity index (χ1) is 11.6. The zero-order chi connectivity index (χ0) is 18.6. The molecule has 8 nitrogen and oxygen atoms in total. The van der Waals surface area contributed by atoms with E-state index in [9.17, 15) is 27.9 Å². The maximum atomic E-state index is 12.7. The van der Waals surface area contributed by atoms with Crippen LogP contribution in [0.4, 0.5) is 0 Å². The van der Waals surface area contributed by atoms with Gasteiger partial charge in [0.1, 0.15) is 16.8 Å². The summed E-state index contributed by atoms with van der Waals surface area (Å²) >= 11 is 0. The second kappa shape index (κ2) is 5.55. The van der Waals surface area contributed by atoms with Crippen LogP contribution >= 0.6 is 0 Å². The van der Waals surface area contributed by atoms with E-state index in [4.69, 9.17) is 0 Å². The van der Waals surface area contributed by atoms with Gasteiger partial charge in [0.25, 0.3) is 0 Å². The Kier molecular flexibility index (Phi) is 3.86. The van der Waals surface area contributed by atoms with Crippen molar-refractivity contribution in [2.24, 2.45) is 0 Å². The highest BCUT2D eigenvalue weighted by Crippen LogP contribution is 2.45. The minimum absolute atomic E-state index is 0.00311. The molecular formula is C16H18N2O6S. The summed E-state index contributed by atoms with van der Waals surface area (Å²) < 4.78 is 23.7. The molecule has 0 spiro atoms. The highest BCUT2D eigenvalue weighted by molar-refractivity contribution is 7.94. The molecule has 0 aliphatic carbocycles. The normalized spacial score (nSPS) is 28.8. The van der Waals surface area contributed by atoms with Crippen LogP contribution in [0.15, 0.2) is 30.3 Å². The smallest absolute Gasteiger partial charge is 0.328 e.